The smallest absolute Gasteiger partial charge is 0.223 e. The number of carbonyl (C=O) groups is 1. The number of piperidine rings is 1. The SMILES string of the molecule is COc1ccccc1CCNC(=O)C1CCN(S(C)(=O)=O)CC1. The molecule has 1 aromatic rings. The van der Waals surface area contributed by atoms with Crippen molar-refractivity contribution in [3.05, 3.63) is 29.8 Å². The third-order valence-electron chi connectivity index (χ3n) is 4.18. The van der Waals surface area contributed by atoms with Gasteiger partial charge in [0.05, 0.1) is 13.4 Å². The molecular weight excluding hydrogens is 316 g/mol. The number of hydrogen-bond acceptors (Lipinski definition) is 4. The van der Waals surface area contributed by atoms with E-state index in [0.29, 0.717) is 38.9 Å². The van der Waals surface area contributed by atoms with Gasteiger partial charge in [-0.3, -0.25) is 4.79 Å². The van der Waals surface area contributed by atoms with Crippen LogP contribution in [0.15, 0.2) is 24.3 Å². The van der Waals surface area contributed by atoms with E-state index in [1.807, 2.05) is 24.3 Å². The Morgan fingerprint density at radius 1 is 1.30 bits per heavy atom. The van der Waals surface area contributed by atoms with Crippen LogP contribution in [0.1, 0.15) is 18.4 Å². The van der Waals surface area contributed by atoms with Gasteiger partial charge in [0.2, 0.25) is 15.9 Å². The number of ether oxygens (including phenoxy) is 1. The number of nitrogens with one attached hydrogen (secondary N) is 1. The van der Waals surface area contributed by atoms with E-state index in [-0.39, 0.29) is 11.8 Å². The zero-order chi connectivity index (χ0) is 16.9. The molecule has 1 aliphatic rings. The van der Waals surface area contributed by atoms with Gasteiger partial charge in [-0.15, -0.1) is 0 Å². The number of rotatable bonds is 6. The Labute approximate surface area is 137 Å². The molecule has 1 N–H and O–H groups in total. The maximum Gasteiger partial charge on any atom is 0.223 e. The average Bonchev–Trinajstić information content (AvgIpc) is 2.54. The van der Waals surface area contributed by atoms with E-state index >= 15 is 0 Å². The fraction of sp³-hybridized carbons (Fsp3) is 0.562. The van der Waals surface area contributed by atoms with E-state index < -0.39 is 10.0 Å². The highest BCUT2D eigenvalue weighted by atomic mass is 32.2. The predicted molar refractivity (Wildman–Crippen MR) is 88.8 cm³/mol. The van der Waals surface area contributed by atoms with Crippen molar-refractivity contribution in [3.8, 4) is 5.75 Å². The fourth-order valence-corrected chi connectivity index (χ4v) is 3.70. The molecule has 1 saturated heterocycles. The Kier molecular flexibility index (Phi) is 6.01. The van der Waals surface area contributed by atoms with Crippen LogP contribution in [0, 0.1) is 5.92 Å². The number of sulfonamides is 1. The van der Waals surface area contributed by atoms with Gasteiger partial charge in [0.25, 0.3) is 0 Å². The monoisotopic (exact) mass is 340 g/mol. The fourth-order valence-electron chi connectivity index (χ4n) is 2.82. The Hall–Kier alpha value is -1.60. The molecular formula is C16H24N2O4S. The molecule has 0 aromatic heterocycles. The summed E-state index contributed by atoms with van der Waals surface area (Å²) in [5.74, 6) is 0.724. The number of methoxy groups -OCH3 is 1. The molecule has 0 radical (unpaired) electrons. The lowest BCUT2D eigenvalue weighted by Gasteiger charge is -2.29. The van der Waals surface area contributed by atoms with Gasteiger partial charge < -0.3 is 10.1 Å². The first-order chi connectivity index (χ1) is 10.9. The topological polar surface area (TPSA) is 75.7 Å². The summed E-state index contributed by atoms with van der Waals surface area (Å²) in [5, 5.41) is 2.94. The maximum absolute atomic E-state index is 12.2. The second kappa shape index (κ2) is 7.79. The Morgan fingerprint density at radius 3 is 2.57 bits per heavy atom. The van der Waals surface area contributed by atoms with Crippen LogP contribution in [0.5, 0.6) is 5.75 Å². The van der Waals surface area contributed by atoms with Gasteiger partial charge in [-0.25, -0.2) is 12.7 Å². The lowest BCUT2D eigenvalue weighted by molar-refractivity contribution is -0.126. The first-order valence-electron chi connectivity index (χ1n) is 7.76. The van der Waals surface area contributed by atoms with Crippen molar-refractivity contribution in [1.29, 1.82) is 0 Å². The van der Waals surface area contributed by atoms with E-state index in [4.69, 9.17) is 4.74 Å². The summed E-state index contributed by atoms with van der Waals surface area (Å²) >= 11 is 0. The average molecular weight is 340 g/mol. The van der Waals surface area contributed by atoms with Crippen molar-refractivity contribution in [2.75, 3.05) is 33.0 Å². The van der Waals surface area contributed by atoms with E-state index in [1.165, 1.54) is 10.6 Å². The molecule has 7 heteroatoms. The lowest BCUT2D eigenvalue weighted by Crippen LogP contribution is -2.42. The van der Waals surface area contributed by atoms with Crippen LogP contribution < -0.4 is 10.1 Å². The van der Waals surface area contributed by atoms with Crippen LogP contribution in [0.2, 0.25) is 0 Å². The van der Waals surface area contributed by atoms with Crippen LogP contribution in [0.4, 0.5) is 0 Å². The van der Waals surface area contributed by atoms with Crippen LogP contribution in [0.25, 0.3) is 0 Å². The van der Waals surface area contributed by atoms with Crippen molar-refractivity contribution in [2.24, 2.45) is 5.92 Å². The first kappa shape index (κ1) is 17.7. The Morgan fingerprint density at radius 2 is 1.96 bits per heavy atom. The molecule has 1 aliphatic heterocycles. The number of para-hydroxylation sites is 1. The van der Waals surface area contributed by atoms with E-state index in [0.717, 1.165) is 11.3 Å². The zero-order valence-electron chi connectivity index (χ0n) is 13.6. The van der Waals surface area contributed by atoms with Crippen LogP contribution in [0.3, 0.4) is 0 Å². The molecule has 1 amide bonds. The van der Waals surface area contributed by atoms with Crippen molar-refractivity contribution in [2.45, 2.75) is 19.3 Å². The summed E-state index contributed by atoms with van der Waals surface area (Å²) in [6.45, 7) is 1.39. The first-order valence-corrected chi connectivity index (χ1v) is 9.61. The molecule has 1 heterocycles. The van der Waals surface area contributed by atoms with Gasteiger partial charge in [-0.2, -0.15) is 0 Å². The number of carbonyl (C=O) groups excluding carboxylic acids is 1. The van der Waals surface area contributed by atoms with Crippen LogP contribution in [-0.4, -0.2) is 51.6 Å². The second-order valence-electron chi connectivity index (χ2n) is 5.79. The molecule has 2 rings (SSSR count). The van der Waals surface area contributed by atoms with Gasteiger partial charge in [-0.1, -0.05) is 18.2 Å². The van der Waals surface area contributed by atoms with Crippen molar-refractivity contribution in [1.82, 2.24) is 9.62 Å². The van der Waals surface area contributed by atoms with E-state index in [1.54, 1.807) is 7.11 Å². The minimum Gasteiger partial charge on any atom is -0.496 e. The molecule has 23 heavy (non-hydrogen) atoms. The van der Waals surface area contributed by atoms with Gasteiger partial charge in [-0.05, 0) is 30.9 Å². The largest absolute Gasteiger partial charge is 0.496 e. The maximum atomic E-state index is 12.2. The Balaban J connectivity index is 1.78. The van der Waals surface area contributed by atoms with Gasteiger partial charge in [0.1, 0.15) is 5.75 Å². The normalized spacial score (nSPS) is 17.0. The predicted octanol–water partition coefficient (Wildman–Crippen LogP) is 1.03. The number of benzene rings is 1. The lowest BCUT2D eigenvalue weighted by atomic mass is 9.97. The molecule has 0 unspecified atom stereocenters. The summed E-state index contributed by atoms with van der Waals surface area (Å²) in [4.78, 5) is 12.2. The highest BCUT2D eigenvalue weighted by molar-refractivity contribution is 7.88. The number of nitrogens with zero attached hydrogens (tertiary/aromatic N) is 1. The van der Waals surface area contributed by atoms with Gasteiger partial charge in [0, 0.05) is 25.6 Å². The summed E-state index contributed by atoms with van der Waals surface area (Å²) in [5.41, 5.74) is 1.06. The summed E-state index contributed by atoms with van der Waals surface area (Å²) in [7, 11) is -1.52. The summed E-state index contributed by atoms with van der Waals surface area (Å²) in [6, 6.07) is 7.74. The van der Waals surface area contributed by atoms with Crippen molar-refractivity contribution in [3.63, 3.8) is 0 Å². The number of hydrogen-bond donors (Lipinski definition) is 1. The third kappa shape index (κ3) is 4.94. The Bertz CT molecular complexity index is 637. The highest BCUT2D eigenvalue weighted by Crippen LogP contribution is 2.20. The minimum absolute atomic E-state index is 0.00745. The van der Waals surface area contributed by atoms with Gasteiger partial charge in [0.15, 0.2) is 0 Å². The molecule has 0 bridgehead atoms. The molecule has 0 spiro atoms. The summed E-state index contributed by atoms with van der Waals surface area (Å²) in [6.07, 6.45) is 3.07. The van der Waals surface area contributed by atoms with Crippen molar-refractivity contribution < 1.29 is 17.9 Å². The quantitative estimate of drug-likeness (QED) is 0.839. The van der Waals surface area contributed by atoms with Gasteiger partial charge >= 0.3 is 0 Å². The standard InChI is InChI=1S/C16H24N2O4S/c1-22-15-6-4-3-5-13(15)7-10-17-16(19)14-8-11-18(12-9-14)23(2,20)21/h3-6,14H,7-12H2,1-2H3,(H,17,19). The van der Waals surface area contributed by atoms with Crippen molar-refractivity contribution >= 4 is 15.9 Å². The van der Waals surface area contributed by atoms with Crippen LogP contribution >= 0.6 is 0 Å². The molecule has 1 aromatic carbocycles. The molecule has 1 fully saturated rings. The van der Waals surface area contributed by atoms with E-state index in [9.17, 15) is 13.2 Å². The molecule has 6 nitrogen and oxygen atoms in total. The third-order valence-corrected chi connectivity index (χ3v) is 5.48. The minimum atomic E-state index is -3.15. The molecule has 0 aliphatic carbocycles. The second-order valence-corrected chi connectivity index (χ2v) is 7.77. The molecule has 0 saturated carbocycles. The van der Waals surface area contributed by atoms with Crippen LogP contribution in [-0.2, 0) is 21.2 Å². The molecule has 128 valence electrons. The number of amides is 1. The molecule has 0 atom stereocenters. The van der Waals surface area contributed by atoms with E-state index in [2.05, 4.69) is 5.32 Å². The zero-order valence-corrected chi connectivity index (χ0v) is 14.4. The summed E-state index contributed by atoms with van der Waals surface area (Å²) < 4.78 is 29.7. The highest BCUT2D eigenvalue weighted by Gasteiger charge is 2.28.